The molecule has 1 aliphatic rings. The number of hydrogen-bond acceptors (Lipinski definition) is 4. The minimum Gasteiger partial charge on any atom is -0.439 e. The fourth-order valence-corrected chi connectivity index (χ4v) is 3.31. The average Bonchev–Trinajstić information content (AvgIpc) is 3.11. The quantitative estimate of drug-likeness (QED) is 0.766. The summed E-state index contributed by atoms with van der Waals surface area (Å²) < 4.78 is 5.80. The Morgan fingerprint density at radius 1 is 1.07 bits per heavy atom. The molecule has 0 radical (unpaired) electrons. The third-order valence-corrected chi connectivity index (χ3v) is 4.97. The zero-order chi connectivity index (χ0) is 18.6. The van der Waals surface area contributed by atoms with Gasteiger partial charge in [-0.25, -0.2) is 9.78 Å². The highest BCUT2D eigenvalue weighted by atomic mass is 16.3. The predicted octanol–water partition coefficient (Wildman–Crippen LogP) is 3.74. The second kappa shape index (κ2) is 7.80. The van der Waals surface area contributed by atoms with Crippen LogP contribution in [0.5, 0.6) is 0 Å². The molecule has 6 nitrogen and oxygen atoms in total. The van der Waals surface area contributed by atoms with E-state index in [1.54, 1.807) is 0 Å². The highest BCUT2D eigenvalue weighted by molar-refractivity contribution is 5.89. The summed E-state index contributed by atoms with van der Waals surface area (Å²) in [5, 5.41) is 2.98. The molecule has 0 unspecified atom stereocenters. The number of anilines is 1. The molecular weight excluding hydrogens is 340 g/mol. The van der Waals surface area contributed by atoms with Gasteiger partial charge >= 0.3 is 6.03 Å². The lowest BCUT2D eigenvalue weighted by Crippen LogP contribution is -2.49. The molecule has 0 aliphatic carbocycles. The Morgan fingerprint density at radius 3 is 2.52 bits per heavy atom. The molecule has 2 aromatic carbocycles. The second-order valence-corrected chi connectivity index (χ2v) is 6.82. The largest absolute Gasteiger partial charge is 0.439 e. The van der Waals surface area contributed by atoms with Crippen molar-refractivity contribution in [3.8, 4) is 0 Å². The fraction of sp³-hybridized carbons (Fsp3) is 0.333. The fourth-order valence-electron chi connectivity index (χ4n) is 3.31. The van der Waals surface area contributed by atoms with Crippen molar-refractivity contribution in [2.45, 2.75) is 19.9 Å². The predicted molar refractivity (Wildman–Crippen MR) is 106 cm³/mol. The standard InChI is InChI=1S/C21H24N4O2/c1-2-16-7-9-17(10-8-16)22-21(26)25-13-11-24(12-14-25)15-20-23-18-5-3-4-6-19(18)27-20/h3-10H,2,11-15H2,1H3,(H,22,26). The molecule has 3 aromatic rings. The SMILES string of the molecule is CCc1ccc(NC(=O)N2CCN(Cc3nc4ccccc4o3)CC2)cc1. The van der Waals surface area contributed by atoms with Gasteiger partial charge < -0.3 is 14.6 Å². The Labute approximate surface area is 158 Å². The van der Waals surface area contributed by atoms with Crippen LogP contribution in [0, 0.1) is 0 Å². The van der Waals surface area contributed by atoms with Gasteiger partial charge in [-0.2, -0.15) is 0 Å². The first-order chi connectivity index (χ1) is 13.2. The van der Waals surface area contributed by atoms with Gasteiger partial charge in [-0.3, -0.25) is 4.90 Å². The van der Waals surface area contributed by atoms with Crippen molar-refractivity contribution in [3.63, 3.8) is 0 Å². The molecule has 0 atom stereocenters. The van der Waals surface area contributed by atoms with Crippen LogP contribution in [0.2, 0.25) is 0 Å². The van der Waals surface area contributed by atoms with Crippen LogP contribution in [-0.2, 0) is 13.0 Å². The number of para-hydroxylation sites is 2. The molecule has 1 aliphatic heterocycles. The summed E-state index contributed by atoms with van der Waals surface area (Å²) >= 11 is 0. The number of aryl methyl sites for hydroxylation is 1. The first-order valence-electron chi connectivity index (χ1n) is 9.43. The van der Waals surface area contributed by atoms with E-state index in [4.69, 9.17) is 4.42 Å². The van der Waals surface area contributed by atoms with Crippen molar-refractivity contribution < 1.29 is 9.21 Å². The number of benzene rings is 2. The molecule has 0 bridgehead atoms. The smallest absolute Gasteiger partial charge is 0.321 e. The maximum Gasteiger partial charge on any atom is 0.321 e. The molecule has 1 saturated heterocycles. The Morgan fingerprint density at radius 2 is 1.81 bits per heavy atom. The van der Waals surface area contributed by atoms with Gasteiger partial charge in [-0.05, 0) is 36.2 Å². The zero-order valence-electron chi connectivity index (χ0n) is 15.5. The van der Waals surface area contributed by atoms with E-state index in [9.17, 15) is 4.79 Å². The van der Waals surface area contributed by atoms with E-state index in [0.29, 0.717) is 19.6 Å². The van der Waals surface area contributed by atoms with Crippen molar-refractivity contribution in [2.24, 2.45) is 0 Å². The highest BCUT2D eigenvalue weighted by Crippen LogP contribution is 2.17. The number of carbonyl (C=O) groups excluding carboxylic acids is 1. The minimum absolute atomic E-state index is 0.0410. The number of nitrogens with one attached hydrogen (secondary N) is 1. The summed E-state index contributed by atoms with van der Waals surface area (Å²) in [5.74, 6) is 0.727. The highest BCUT2D eigenvalue weighted by Gasteiger charge is 2.22. The van der Waals surface area contributed by atoms with Crippen LogP contribution in [0.3, 0.4) is 0 Å². The monoisotopic (exact) mass is 364 g/mol. The van der Waals surface area contributed by atoms with Gasteiger partial charge in [0, 0.05) is 31.9 Å². The first-order valence-corrected chi connectivity index (χ1v) is 9.43. The second-order valence-electron chi connectivity index (χ2n) is 6.82. The number of nitrogens with zero attached hydrogens (tertiary/aromatic N) is 3. The zero-order valence-corrected chi connectivity index (χ0v) is 15.5. The van der Waals surface area contributed by atoms with Gasteiger partial charge in [0.15, 0.2) is 5.58 Å². The van der Waals surface area contributed by atoms with Crippen molar-refractivity contribution in [1.82, 2.24) is 14.8 Å². The van der Waals surface area contributed by atoms with Crippen LogP contribution in [-0.4, -0.2) is 47.0 Å². The van der Waals surface area contributed by atoms with Crippen LogP contribution < -0.4 is 5.32 Å². The minimum atomic E-state index is -0.0410. The normalized spacial score (nSPS) is 15.2. The summed E-state index contributed by atoms with van der Waals surface area (Å²) in [6, 6.07) is 15.8. The Hall–Kier alpha value is -2.86. The van der Waals surface area contributed by atoms with E-state index in [1.165, 1.54) is 5.56 Å². The summed E-state index contributed by atoms with van der Waals surface area (Å²) in [6.07, 6.45) is 0.996. The van der Waals surface area contributed by atoms with Crippen LogP contribution in [0.4, 0.5) is 10.5 Å². The summed E-state index contributed by atoms with van der Waals surface area (Å²) in [6.45, 7) is 5.79. The van der Waals surface area contributed by atoms with Crippen LogP contribution in [0.15, 0.2) is 52.9 Å². The molecule has 2 amide bonds. The molecule has 1 fully saturated rings. The van der Waals surface area contributed by atoms with E-state index in [2.05, 4.69) is 22.1 Å². The van der Waals surface area contributed by atoms with Crippen molar-refractivity contribution in [1.29, 1.82) is 0 Å². The molecule has 4 rings (SSSR count). The Bertz CT molecular complexity index is 878. The molecule has 1 N–H and O–H groups in total. The van der Waals surface area contributed by atoms with Gasteiger partial charge in [0.25, 0.3) is 0 Å². The average molecular weight is 364 g/mol. The topological polar surface area (TPSA) is 61.6 Å². The van der Waals surface area contributed by atoms with Gasteiger partial charge in [0.1, 0.15) is 5.52 Å². The molecular formula is C21H24N4O2. The third kappa shape index (κ3) is 4.11. The van der Waals surface area contributed by atoms with Gasteiger partial charge in [0.05, 0.1) is 6.54 Å². The number of oxazole rings is 1. The lowest BCUT2D eigenvalue weighted by atomic mass is 10.1. The number of fused-ring (bicyclic) bond motifs is 1. The Kier molecular flexibility index (Phi) is 5.07. The van der Waals surface area contributed by atoms with Gasteiger partial charge in [-0.15, -0.1) is 0 Å². The molecule has 2 heterocycles. The number of piperazine rings is 1. The number of aromatic nitrogens is 1. The lowest BCUT2D eigenvalue weighted by Gasteiger charge is -2.34. The molecule has 140 valence electrons. The molecule has 0 saturated carbocycles. The van der Waals surface area contributed by atoms with E-state index < -0.39 is 0 Å². The summed E-state index contributed by atoms with van der Waals surface area (Å²) in [7, 11) is 0. The van der Waals surface area contributed by atoms with Crippen LogP contribution in [0.1, 0.15) is 18.4 Å². The number of urea groups is 1. The van der Waals surface area contributed by atoms with Gasteiger partial charge in [-0.1, -0.05) is 31.2 Å². The van der Waals surface area contributed by atoms with Crippen molar-refractivity contribution in [2.75, 3.05) is 31.5 Å². The number of hydrogen-bond donors (Lipinski definition) is 1. The number of rotatable bonds is 4. The van der Waals surface area contributed by atoms with E-state index in [-0.39, 0.29) is 6.03 Å². The molecule has 1 aromatic heterocycles. The lowest BCUT2D eigenvalue weighted by molar-refractivity contribution is 0.136. The third-order valence-electron chi connectivity index (χ3n) is 4.97. The van der Waals surface area contributed by atoms with Crippen molar-refractivity contribution >= 4 is 22.8 Å². The number of amides is 2. The maximum atomic E-state index is 12.5. The van der Waals surface area contributed by atoms with E-state index >= 15 is 0 Å². The van der Waals surface area contributed by atoms with Gasteiger partial charge in [0.2, 0.25) is 5.89 Å². The summed E-state index contributed by atoms with van der Waals surface area (Å²) in [5.41, 5.74) is 3.81. The maximum absolute atomic E-state index is 12.5. The first kappa shape index (κ1) is 17.5. The molecule has 27 heavy (non-hydrogen) atoms. The Balaban J connectivity index is 1.29. The van der Waals surface area contributed by atoms with Crippen LogP contribution >= 0.6 is 0 Å². The van der Waals surface area contributed by atoms with Crippen molar-refractivity contribution in [3.05, 3.63) is 60.0 Å². The van der Waals surface area contributed by atoms with Crippen LogP contribution in [0.25, 0.3) is 11.1 Å². The van der Waals surface area contributed by atoms with E-state index in [0.717, 1.165) is 42.2 Å². The van der Waals surface area contributed by atoms with E-state index in [1.807, 2.05) is 53.4 Å². The summed E-state index contributed by atoms with van der Waals surface area (Å²) in [4.78, 5) is 21.1. The number of carbonyl (C=O) groups is 1. The molecule has 0 spiro atoms. The molecule has 6 heteroatoms.